The molecular formula is C16H17N3O. The lowest BCUT2D eigenvalue weighted by Crippen LogP contribution is -2.33. The Morgan fingerprint density at radius 2 is 2.10 bits per heavy atom. The van der Waals surface area contributed by atoms with Gasteiger partial charge in [0.15, 0.2) is 5.69 Å². The summed E-state index contributed by atoms with van der Waals surface area (Å²) in [5.74, 6) is -0.0696. The van der Waals surface area contributed by atoms with E-state index in [9.17, 15) is 4.79 Å². The van der Waals surface area contributed by atoms with Gasteiger partial charge in [-0.1, -0.05) is 24.3 Å². The summed E-state index contributed by atoms with van der Waals surface area (Å²) in [5, 5.41) is 7.69. The number of aromatic nitrogens is 2. The number of amides is 1. The van der Waals surface area contributed by atoms with Crippen LogP contribution in [0.1, 0.15) is 40.5 Å². The Kier molecular flexibility index (Phi) is 3.46. The van der Waals surface area contributed by atoms with Gasteiger partial charge in [0.2, 0.25) is 0 Å². The summed E-state index contributed by atoms with van der Waals surface area (Å²) < 4.78 is 0. The molecule has 1 aromatic carbocycles. The highest BCUT2D eigenvalue weighted by molar-refractivity contribution is 5.92. The summed E-state index contributed by atoms with van der Waals surface area (Å²) in [6.45, 7) is 0. The molecule has 4 nitrogen and oxygen atoms in total. The molecule has 102 valence electrons. The first-order chi connectivity index (χ1) is 9.77. The highest BCUT2D eigenvalue weighted by Gasteiger charge is 2.27. The van der Waals surface area contributed by atoms with Crippen LogP contribution in [0.5, 0.6) is 0 Å². The molecule has 0 saturated carbocycles. The van der Waals surface area contributed by atoms with Gasteiger partial charge in [-0.3, -0.25) is 4.79 Å². The average Bonchev–Trinajstić information content (AvgIpc) is 2.54. The van der Waals surface area contributed by atoms with Crippen molar-refractivity contribution in [1.82, 2.24) is 15.1 Å². The number of rotatable bonds is 2. The van der Waals surface area contributed by atoms with Crippen LogP contribution in [-0.2, 0) is 6.42 Å². The molecule has 3 rings (SSSR count). The summed E-state index contributed by atoms with van der Waals surface area (Å²) >= 11 is 0. The van der Waals surface area contributed by atoms with Gasteiger partial charge in [0.1, 0.15) is 0 Å². The zero-order chi connectivity index (χ0) is 13.9. The van der Waals surface area contributed by atoms with Gasteiger partial charge in [-0.2, -0.15) is 5.10 Å². The fourth-order valence-electron chi connectivity index (χ4n) is 2.87. The lowest BCUT2D eigenvalue weighted by atomic mass is 9.87. The fourth-order valence-corrected chi connectivity index (χ4v) is 2.87. The molecule has 1 heterocycles. The molecule has 0 saturated heterocycles. The van der Waals surface area contributed by atoms with Crippen LogP contribution in [0.3, 0.4) is 0 Å². The van der Waals surface area contributed by atoms with Crippen molar-refractivity contribution in [3.8, 4) is 0 Å². The molecule has 1 aliphatic carbocycles. The number of carbonyl (C=O) groups is 1. The van der Waals surface area contributed by atoms with Crippen molar-refractivity contribution in [2.24, 2.45) is 0 Å². The van der Waals surface area contributed by atoms with E-state index in [0.717, 1.165) is 19.3 Å². The van der Waals surface area contributed by atoms with Crippen LogP contribution in [-0.4, -0.2) is 28.1 Å². The van der Waals surface area contributed by atoms with Gasteiger partial charge in [-0.15, -0.1) is 5.10 Å². The SMILES string of the molecule is CN(C(=O)c1cccnn1)C1CCCc2ccccc21. The maximum atomic E-state index is 12.5. The largest absolute Gasteiger partial charge is 0.333 e. The van der Waals surface area contributed by atoms with Gasteiger partial charge in [-0.05, 0) is 42.5 Å². The maximum absolute atomic E-state index is 12.5. The monoisotopic (exact) mass is 267 g/mol. The topological polar surface area (TPSA) is 46.1 Å². The highest BCUT2D eigenvalue weighted by Crippen LogP contribution is 2.33. The fraction of sp³-hybridized carbons (Fsp3) is 0.312. The zero-order valence-electron chi connectivity index (χ0n) is 11.5. The van der Waals surface area contributed by atoms with Gasteiger partial charge in [0, 0.05) is 13.2 Å². The van der Waals surface area contributed by atoms with Crippen molar-refractivity contribution in [3.63, 3.8) is 0 Å². The first-order valence-electron chi connectivity index (χ1n) is 6.90. The molecule has 4 heteroatoms. The third-order valence-electron chi connectivity index (χ3n) is 3.92. The van der Waals surface area contributed by atoms with Crippen LogP contribution >= 0.6 is 0 Å². The molecule has 0 bridgehead atoms. The molecule has 0 N–H and O–H groups in total. The molecule has 1 unspecified atom stereocenters. The number of fused-ring (bicyclic) bond motifs is 1. The Labute approximate surface area is 118 Å². The van der Waals surface area contributed by atoms with E-state index in [4.69, 9.17) is 0 Å². The van der Waals surface area contributed by atoms with E-state index in [-0.39, 0.29) is 11.9 Å². The molecule has 1 amide bonds. The van der Waals surface area contributed by atoms with E-state index in [1.807, 2.05) is 13.1 Å². The minimum absolute atomic E-state index is 0.0696. The Balaban J connectivity index is 1.89. The standard InChI is InChI=1S/C16H17N3O/c1-19(16(20)14-9-5-11-17-18-14)15-10-4-7-12-6-2-3-8-13(12)15/h2-3,5-6,8-9,11,15H,4,7,10H2,1H3. The van der Waals surface area contributed by atoms with Crippen molar-refractivity contribution in [2.45, 2.75) is 25.3 Å². The van der Waals surface area contributed by atoms with Gasteiger partial charge in [-0.25, -0.2) is 0 Å². The molecule has 20 heavy (non-hydrogen) atoms. The third-order valence-corrected chi connectivity index (χ3v) is 3.92. The second kappa shape index (κ2) is 5.41. The molecule has 0 radical (unpaired) electrons. The smallest absolute Gasteiger partial charge is 0.274 e. The quantitative estimate of drug-likeness (QED) is 0.840. The number of hydrogen-bond acceptors (Lipinski definition) is 3. The van der Waals surface area contributed by atoms with Crippen LogP contribution in [0.2, 0.25) is 0 Å². The zero-order valence-corrected chi connectivity index (χ0v) is 11.5. The molecule has 1 atom stereocenters. The Hall–Kier alpha value is -2.23. The first kappa shape index (κ1) is 12.8. The van der Waals surface area contributed by atoms with Crippen molar-refractivity contribution >= 4 is 5.91 Å². The molecule has 0 fully saturated rings. The predicted molar refractivity (Wildman–Crippen MR) is 76.2 cm³/mol. The van der Waals surface area contributed by atoms with Crippen molar-refractivity contribution in [2.75, 3.05) is 7.05 Å². The van der Waals surface area contributed by atoms with Crippen molar-refractivity contribution in [1.29, 1.82) is 0 Å². The molecule has 1 aromatic heterocycles. The molecular weight excluding hydrogens is 250 g/mol. The van der Waals surface area contributed by atoms with E-state index in [1.54, 1.807) is 23.2 Å². The number of aryl methyl sites for hydroxylation is 1. The minimum atomic E-state index is -0.0696. The summed E-state index contributed by atoms with van der Waals surface area (Å²) in [6.07, 6.45) is 4.78. The third kappa shape index (κ3) is 2.29. The average molecular weight is 267 g/mol. The van der Waals surface area contributed by atoms with E-state index in [1.165, 1.54) is 11.1 Å². The van der Waals surface area contributed by atoms with Gasteiger partial charge in [0.05, 0.1) is 6.04 Å². The number of hydrogen-bond donors (Lipinski definition) is 0. The van der Waals surface area contributed by atoms with Gasteiger partial charge >= 0.3 is 0 Å². The second-order valence-electron chi connectivity index (χ2n) is 5.13. The van der Waals surface area contributed by atoms with E-state index in [2.05, 4.69) is 28.4 Å². The van der Waals surface area contributed by atoms with Crippen LogP contribution in [0.25, 0.3) is 0 Å². The second-order valence-corrected chi connectivity index (χ2v) is 5.13. The number of carbonyl (C=O) groups excluding carboxylic acids is 1. The molecule has 0 aliphatic heterocycles. The Morgan fingerprint density at radius 3 is 2.90 bits per heavy atom. The number of nitrogens with zero attached hydrogens (tertiary/aromatic N) is 3. The first-order valence-corrected chi connectivity index (χ1v) is 6.90. The van der Waals surface area contributed by atoms with Crippen LogP contribution in [0.15, 0.2) is 42.6 Å². The van der Waals surface area contributed by atoms with Crippen LogP contribution in [0.4, 0.5) is 0 Å². The molecule has 0 spiro atoms. The minimum Gasteiger partial charge on any atom is -0.333 e. The summed E-state index contributed by atoms with van der Waals surface area (Å²) in [6, 6.07) is 12.0. The van der Waals surface area contributed by atoms with Gasteiger partial charge < -0.3 is 4.90 Å². The summed E-state index contributed by atoms with van der Waals surface area (Å²) in [5.41, 5.74) is 3.01. The van der Waals surface area contributed by atoms with E-state index in [0.29, 0.717) is 5.69 Å². The lowest BCUT2D eigenvalue weighted by Gasteiger charge is -2.33. The molecule has 2 aromatic rings. The lowest BCUT2D eigenvalue weighted by molar-refractivity contribution is 0.0708. The predicted octanol–water partition coefficient (Wildman–Crippen LogP) is 2.63. The van der Waals surface area contributed by atoms with Crippen molar-refractivity contribution in [3.05, 3.63) is 59.4 Å². The summed E-state index contributed by atoms with van der Waals surface area (Å²) in [7, 11) is 1.85. The van der Waals surface area contributed by atoms with E-state index < -0.39 is 0 Å². The van der Waals surface area contributed by atoms with Gasteiger partial charge in [0.25, 0.3) is 5.91 Å². The Morgan fingerprint density at radius 1 is 1.25 bits per heavy atom. The maximum Gasteiger partial charge on any atom is 0.274 e. The highest BCUT2D eigenvalue weighted by atomic mass is 16.2. The molecule has 1 aliphatic rings. The Bertz CT molecular complexity index is 612. The van der Waals surface area contributed by atoms with Crippen LogP contribution < -0.4 is 0 Å². The number of benzene rings is 1. The van der Waals surface area contributed by atoms with E-state index >= 15 is 0 Å². The summed E-state index contributed by atoms with van der Waals surface area (Å²) in [4.78, 5) is 14.3. The van der Waals surface area contributed by atoms with Crippen LogP contribution in [0, 0.1) is 0 Å². The normalized spacial score (nSPS) is 17.4. The van der Waals surface area contributed by atoms with Crippen molar-refractivity contribution < 1.29 is 4.79 Å².